The highest BCUT2D eigenvalue weighted by Crippen LogP contribution is 2.38. The molecule has 35 heavy (non-hydrogen) atoms. The minimum atomic E-state index is -0.481. The van der Waals surface area contributed by atoms with Crippen molar-refractivity contribution in [2.24, 2.45) is 11.7 Å². The van der Waals surface area contributed by atoms with Crippen LogP contribution in [0.5, 0.6) is 5.75 Å². The molecule has 0 radical (unpaired) electrons. The van der Waals surface area contributed by atoms with Gasteiger partial charge in [0.1, 0.15) is 11.6 Å². The first-order chi connectivity index (χ1) is 16.9. The van der Waals surface area contributed by atoms with Crippen LogP contribution in [0.4, 0.5) is 15.8 Å². The summed E-state index contributed by atoms with van der Waals surface area (Å²) in [6.45, 7) is 4.69. The molecular formula is C27H32FN5O2. The third kappa shape index (κ3) is 5.59. The summed E-state index contributed by atoms with van der Waals surface area (Å²) in [5, 5.41) is 2.92. The second-order valence-corrected chi connectivity index (χ2v) is 9.19. The van der Waals surface area contributed by atoms with E-state index in [2.05, 4.69) is 22.2 Å². The zero-order chi connectivity index (χ0) is 24.9. The lowest BCUT2D eigenvalue weighted by Crippen LogP contribution is -2.34. The Hall–Kier alpha value is -3.52. The van der Waals surface area contributed by atoms with E-state index in [0.717, 1.165) is 31.2 Å². The Morgan fingerprint density at radius 2 is 2.06 bits per heavy atom. The monoisotopic (exact) mass is 477 g/mol. The summed E-state index contributed by atoms with van der Waals surface area (Å²) in [5.41, 5.74) is 14.8. The fraction of sp³-hybridized carbons (Fsp3) is 0.370. The molecule has 1 fully saturated rings. The predicted molar refractivity (Wildman–Crippen MR) is 136 cm³/mol. The standard InChI is InChI=1S/C27H32FN5O2/c1-3-12-35-18-6-7-21(28)20(14-18)24-9-8-22(29)26(32-24)27(34)33-25-15-31-11-10-19(25)17-5-4-16(2)23(30)13-17/h6-11,14-17,23H,3-5,12-13,29-30H2,1-2H3,(H,33,34)/t16-,17+,23+/m0/s1. The number of aromatic nitrogens is 2. The summed E-state index contributed by atoms with van der Waals surface area (Å²) in [5.74, 6) is 0.300. The van der Waals surface area contributed by atoms with Gasteiger partial charge in [0.15, 0.2) is 5.69 Å². The zero-order valence-corrected chi connectivity index (χ0v) is 20.1. The van der Waals surface area contributed by atoms with Crippen LogP contribution in [0.3, 0.4) is 0 Å². The highest BCUT2D eigenvalue weighted by molar-refractivity contribution is 6.06. The van der Waals surface area contributed by atoms with E-state index < -0.39 is 11.7 Å². The lowest BCUT2D eigenvalue weighted by Gasteiger charge is -2.32. The number of nitrogens with zero attached hydrogens (tertiary/aromatic N) is 2. The van der Waals surface area contributed by atoms with Crippen LogP contribution < -0.4 is 21.5 Å². The quantitative estimate of drug-likeness (QED) is 0.434. The van der Waals surface area contributed by atoms with Crippen molar-refractivity contribution in [1.82, 2.24) is 9.97 Å². The van der Waals surface area contributed by atoms with Crippen LogP contribution in [-0.4, -0.2) is 28.5 Å². The average Bonchev–Trinajstić information content (AvgIpc) is 2.86. The molecule has 2 heterocycles. The molecule has 1 saturated carbocycles. The Kier molecular flexibility index (Phi) is 7.60. The molecule has 7 nitrogen and oxygen atoms in total. The van der Waals surface area contributed by atoms with Gasteiger partial charge in [0.2, 0.25) is 0 Å². The fourth-order valence-corrected chi connectivity index (χ4v) is 4.50. The molecule has 5 N–H and O–H groups in total. The van der Waals surface area contributed by atoms with E-state index in [4.69, 9.17) is 16.2 Å². The van der Waals surface area contributed by atoms with E-state index >= 15 is 0 Å². The van der Waals surface area contributed by atoms with Crippen molar-refractivity contribution in [2.45, 2.75) is 51.5 Å². The topological polar surface area (TPSA) is 116 Å². The number of pyridine rings is 2. The first kappa shape index (κ1) is 24.6. The molecule has 0 aliphatic heterocycles. The van der Waals surface area contributed by atoms with Gasteiger partial charge in [-0.1, -0.05) is 13.8 Å². The van der Waals surface area contributed by atoms with Crippen molar-refractivity contribution in [3.8, 4) is 17.0 Å². The smallest absolute Gasteiger partial charge is 0.276 e. The Bertz CT molecular complexity index is 1200. The minimum Gasteiger partial charge on any atom is -0.494 e. The van der Waals surface area contributed by atoms with Gasteiger partial charge in [-0.3, -0.25) is 9.78 Å². The van der Waals surface area contributed by atoms with Gasteiger partial charge < -0.3 is 21.5 Å². The van der Waals surface area contributed by atoms with E-state index in [1.165, 1.54) is 6.07 Å². The number of nitrogens with one attached hydrogen (secondary N) is 1. The molecular weight excluding hydrogens is 445 g/mol. The largest absolute Gasteiger partial charge is 0.494 e. The van der Waals surface area contributed by atoms with E-state index in [1.54, 1.807) is 36.7 Å². The molecule has 1 aliphatic rings. The van der Waals surface area contributed by atoms with Crippen LogP contribution in [0.1, 0.15) is 61.5 Å². The number of nitrogen functional groups attached to an aromatic ring is 1. The summed E-state index contributed by atoms with van der Waals surface area (Å²) in [6.07, 6.45) is 7.06. The van der Waals surface area contributed by atoms with Crippen molar-refractivity contribution in [3.05, 3.63) is 65.9 Å². The van der Waals surface area contributed by atoms with E-state index in [0.29, 0.717) is 29.7 Å². The SMILES string of the molecule is CCCOc1ccc(F)c(-c2ccc(N)c(C(=O)Nc3cnccc3[C@@H]3CC[C@H](C)[C@H](N)C3)n2)c1. The zero-order valence-electron chi connectivity index (χ0n) is 20.1. The summed E-state index contributed by atoms with van der Waals surface area (Å²) >= 11 is 0. The summed E-state index contributed by atoms with van der Waals surface area (Å²) in [4.78, 5) is 21.8. The van der Waals surface area contributed by atoms with Crippen molar-refractivity contribution in [3.63, 3.8) is 0 Å². The average molecular weight is 478 g/mol. The number of hydrogen-bond acceptors (Lipinski definition) is 6. The number of ether oxygens (including phenoxy) is 1. The van der Waals surface area contributed by atoms with Crippen LogP contribution >= 0.6 is 0 Å². The molecule has 0 saturated heterocycles. The number of carbonyl (C=O) groups is 1. The molecule has 0 spiro atoms. The number of halogens is 1. The Balaban J connectivity index is 1.60. The van der Waals surface area contributed by atoms with Crippen molar-refractivity contribution >= 4 is 17.3 Å². The maximum atomic E-state index is 14.6. The van der Waals surface area contributed by atoms with Gasteiger partial charge in [-0.15, -0.1) is 0 Å². The molecule has 3 aromatic rings. The highest BCUT2D eigenvalue weighted by atomic mass is 19.1. The normalized spacial score (nSPS) is 19.8. The van der Waals surface area contributed by atoms with Crippen LogP contribution in [0.2, 0.25) is 0 Å². The first-order valence-electron chi connectivity index (χ1n) is 12.1. The van der Waals surface area contributed by atoms with Gasteiger partial charge in [0.05, 0.1) is 29.9 Å². The van der Waals surface area contributed by atoms with Crippen molar-refractivity contribution in [1.29, 1.82) is 0 Å². The van der Waals surface area contributed by atoms with Crippen molar-refractivity contribution < 1.29 is 13.9 Å². The summed E-state index contributed by atoms with van der Waals surface area (Å²) in [7, 11) is 0. The number of rotatable bonds is 7. The van der Waals surface area contributed by atoms with E-state index in [9.17, 15) is 9.18 Å². The Morgan fingerprint density at radius 1 is 1.23 bits per heavy atom. The van der Waals surface area contributed by atoms with Crippen LogP contribution in [0.25, 0.3) is 11.3 Å². The minimum absolute atomic E-state index is 0.0190. The third-order valence-corrected chi connectivity index (χ3v) is 6.63. The molecule has 1 aromatic carbocycles. The molecule has 1 aliphatic carbocycles. The lowest BCUT2D eigenvalue weighted by atomic mass is 9.76. The lowest BCUT2D eigenvalue weighted by molar-refractivity contribution is 0.102. The predicted octanol–water partition coefficient (Wildman–Crippen LogP) is 5.14. The van der Waals surface area contributed by atoms with Gasteiger partial charge >= 0.3 is 0 Å². The maximum Gasteiger partial charge on any atom is 0.276 e. The van der Waals surface area contributed by atoms with Crippen LogP contribution in [0.15, 0.2) is 48.8 Å². The molecule has 8 heteroatoms. The Morgan fingerprint density at radius 3 is 2.83 bits per heavy atom. The summed E-state index contributed by atoms with van der Waals surface area (Å²) < 4.78 is 20.3. The number of amides is 1. The molecule has 184 valence electrons. The number of hydrogen-bond donors (Lipinski definition) is 3. The second kappa shape index (κ2) is 10.8. The molecule has 1 amide bonds. The Labute approximate surface area is 205 Å². The fourth-order valence-electron chi connectivity index (χ4n) is 4.50. The van der Waals surface area contributed by atoms with E-state index in [-0.39, 0.29) is 28.9 Å². The number of nitrogens with two attached hydrogens (primary N) is 2. The number of benzene rings is 1. The molecule has 0 unspecified atom stereocenters. The maximum absolute atomic E-state index is 14.6. The van der Waals surface area contributed by atoms with Gasteiger partial charge in [-0.05, 0) is 79.5 Å². The van der Waals surface area contributed by atoms with Gasteiger partial charge in [-0.2, -0.15) is 0 Å². The molecule has 4 rings (SSSR count). The van der Waals surface area contributed by atoms with E-state index in [1.807, 2.05) is 13.0 Å². The van der Waals surface area contributed by atoms with Crippen LogP contribution in [0, 0.1) is 11.7 Å². The highest BCUT2D eigenvalue weighted by Gasteiger charge is 2.28. The molecule has 0 bridgehead atoms. The van der Waals surface area contributed by atoms with Gasteiger partial charge in [-0.25, -0.2) is 9.37 Å². The second-order valence-electron chi connectivity index (χ2n) is 9.19. The van der Waals surface area contributed by atoms with Gasteiger partial charge in [0.25, 0.3) is 5.91 Å². The van der Waals surface area contributed by atoms with Gasteiger partial charge in [0, 0.05) is 17.8 Å². The van der Waals surface area contributed by atoms with Crippen molar-refractivity contribution in [2.75, 3.05) is 17.7 Å². The first-order valence-corrected chi connectivity index (χ1v) is 12.1. The number of anilines is 2. The number of carbonyl (C=O) groups excluding carboxylic acids is 1. The third-order valence-electron chi connectivity index (χ3n) is 6.63. The molecule has 2 aromatic heterocycles. The summed E-state index contributed by atoms with van der Waals surface area (Å²) in [6, 6.07) is 9.67. The van der Waals surface area contributed by atoms with Crippen LogP contribution in [-0.2, 0) is 0 Å². The molecule has 3 atom stereocenters.